The highest BCUT2D eigenvalue weighted by molar-refractivity contribution is 7.10. The molecule has 1 aliphatic heterocycles. The van der Waals surface area contributed by atoms with E-state index in [1.54, 1.807) is 11.3 Å². The Balaban J connectivity index is 1.95. The number of nitrogens with zero attached hydrogens (tertiary/aromatic N) is 1. The predicted molar refractivity (Wildman–Crippen MR) is 66.7 cm³/mol. The highest BCUT2D eigenvalue weighted by atomic mass is 32.1. The normalized spacial score (nSPS) is 16.5. The summed E-state index contributed by atoms with van der Waals surface area (Å²) < 4.78 is 24.1. The SMILES string of the molecule is CCN1CCc2c(CNCC(F)F)csc2C1. The molecule has 1 aromatic heterocycles. The van der Waals surface area contributed by atoms with E-state index >= 15 is 0 Å². The number of likely N-dealkylation sites (N-methyl/N-ethyl adjacent to an activating group) is 1. The van der Waals surface area contributed by atoms with Gasteiger partial charge in [-0.25, -0.2) is 8.78 Å². The van der Waals surface area contributed by atoms with E-state index in [0.717, 1.165) is 26.1 Å². The summed E-state index contributed by atoms with van der Waals surface area (Å²) in [4.78, 5) is 3.82. The van der Waals surface area contributed by atoms with Crippen LogP contribution in [-0.2, 0) is 19.5 Å². The Morgan fingerprint density at radius 3 is 3.06 bits per heavy atom. The van der Waals surface area contributed by atoms with Crippen molar-refractivity contribution >= 4 is 11.3 Å². The molecular weight excluding hydrogens is 242 g/mol. The number of rotatable bonds is 5. The first kappa shape index (κ1) is 12.9. The Kier molecular flexibility index (Phi) is 4.48. The van der Waals surface area contributed by atoms with Gasteiger partial charge >= 0.3 is 0 Å². The van der Waals surface area contributed by atoms with Gasteiger partial charge in [0, 0.05) is 24.5 Å². The van der Waals surface area contributed by atoms with Crippen molar-refractivity contribution in [2.75, 3.05) is 19.6 Å². The zero-order valence-electron chi connectivity index (χ0n) is 10.0. The van der Waals surface area contributed by atoms with Gasteiger partial charge in [0.25, 0.3) is 6.43 Å². The topological polar surface area (TPSA) is 15.3 Å². The van der Waals surface area contributed by atoms with Crippen LogP contribution in [0.15, 0.2) is 5.38 Å². The van der Waals surface area contributed by atoms with Gasteiger partial charge in [0.15, 0.2) is 0 Å². The molecule has 0 spiro atoms. The first-order valence-corrected chi connectivity index (χ1v) is 6.88. The molecule has 96 valence electrons. The molecule has 1 N–H and O–H groups in total. The second kappa shape index (κ2) is 5.89. The maximum Gasteiger partial charge on any atom is 0.250 e. The molecule has 1 aliphatic rings. The van der Waals surface area contributed by atoms with Crippen molar-refractivity contribution in [2.24, 2.45) is 0 Å². The van der Waals surface area contributed by atoms with Crippen molar-refractivity contribution in [3.63, 3.8) is 0 Å². The highest BCUT2D eigenvalue weighted by Crippen LogP contribution is 2.28. The van der Waals surface area contributed by atoms with E-state index in [4.69, 9.17) is 0 Å². The summed E-state index contributed by atoms with van der Waals surface area (Å²) in [6, 6.07) is 0. The molecule has 0 fully saturated rings. The molecule has 0 aromatic carbocycles. The average Bonchev–Trinajstić information content (AvgIpc) is 2.71. The van der Waals surface area contributed by atoms with Gasteiger partial charge in [-0.15, -0.1) is 11.3 Å². The Hall–Kier alpha value is -0.520. The zero-order chi connectivity index (χ0) is 12.3. The fraction of sp³-hybridized carbons (Fsp3) is 0.667. The summed E-state index contributed by atoms with van der Waals surface area (Å²) in [5.74, 6) is 0. The number of fused-ring (bicyclic) bond motifs is 1. The number of hydrogen-bond donors (Lipinski definition) is 1. The number of halogens is 2. The van der Waals surface area contributed by atoms with Crippen LogP contribution in [0.2, 0.25) is 0 Å². The van der Waals surface area contributed by atoms with E-state index in [1.165, 1.54) is 16.0 Å². The summed E-state index contributed by atoms with van der Waals surface area (Å²) in [5.41, 5.74) is 2.60. The monoisotopic (exact) mass is 260 g/mol. The molecule has 0 saturated carbocycles. The van der Waals surface area contributed by atoms with Crippen LogP contribution in [0.1, 0.15) is 22.9 Å². The molecule has 0 saturated heterocycles. The summed E-state index contributed by atoms with van der Waals surface area (Å²) >= 11 is 1.76. The Bertz CT molecular complexity index is 365. The number of alkyl halides is 2. The minimum atomic E-state index is -2.26. The molecule has 17 heavy (non-hydrogen) atoms. The van der Waals surface area contributed by atoms with Gasteiger partial charge in [-0.2, -0.15) is 0 Å². The van der Waals surface area contributed by atoms with Gasteiger partial charge in [-0.3, -0.25) is 4.90 Å². The molecule has 5 heteroatoms. The minimum absolute atomic E-state index is 0.217. The van der Waals surface area contributed by atoms with Crippen LogP contribution in [0.3, 0.4) is 0 Å². The van der Waals surface area contributed by atoms with Crippen molar-refractivity contribution in [3.05, 3.63) is 21.4 Å². The predicted octanol–water partition coefficient (Wildman–Crippen LogP) is 2.48. The van der Waals surface area contributed by atoms with Crippen LogP contribution < -0.4 is 5.32 Å². The summed E-state index contributed by atoms with van der Waals surface area (Å²) in [6.45, 7) is 5.71. The van der Waals surface area contributed by atoms with Gasteiger partial charge in [0.05, 0.1) is 6.54 Å². The molecule has 0 aliphatic carbocycles. The molecule has 1 aromatic rings. The van der Waals surface area contributed by atoms with Crippen LogP contribution in [0, 0.1) is 0 Å². The molecule has 0 bridgehead atoms. The van der Waals surface area contributed by atoms with Crippen LogP contribution in [0.25, 0.3) is 0 Å². The van der Waals surface area contributed by atoms with E-state index < -0.39 is 6.43 Å². The summed E-state index contributed by atoms with van der Waals surface area (Å²) in [5, 5.41) is 4.92. The quantitative estimate of drug-likeness (QED) is 0.875. The molecule has 2 nitrogen and oxygen atoms in total. The minimum Gasteiger partial charge on any atom is -0.307 e. The van der Waals surface area contributed by atoms with Crippen molar-refractivity contribution in [1.82, 2.24) is 10.2 Å². The molecule has 0 atom stereocenters. The summed E-state index contributed by atoms with van der Waals surface area (Å²) in [7, 11) is 0. The fourth-order valence-corrected chi connectivity index (χ4v) is 3.33. The molecule has 0 radical (unpaired) electrons. The van der Waals surface area contributed by atoms with E-state index in [1.807, 2.05) is 0 Å². The second-order valence-electron chi connectivity index (χ2n) is 4.30. The zero-order valence-corrected chi connectivity index (χ0v) is 10.8. The third kappa shape index (κ3) is 3.24. The lowest BCUT2D eigenvalue weighted by atomic mass is 10.0. The van der Waals surface area contributed by atoms with Gasteiger partial charge in [-0.05, 0) is 29.5 Å². The second-order valence-corrected chi connectivity index (χ2v) is 5.27. The van der Waals surface area contributed by atoms with E-state index in [9.17, 15) is 8.78 Å². The van der Waals surface area contributed by atoms with Crippen molar-refractivity contribution in [2.45, 2.75) is 32.9 Å². The largest absolute Gasteiger partial charge is 0.307 e. The molecule has 0 amide bonds. The molecule has 2 heterocycles. The summed E-state index contributed by atoms with van der Waals surface area (Å²) in [6.07, 6.45) is -1.21. The first-order chi connectivity index (χ1) is 8.20. The first-order valence-electron chi connectivity index (χ1n) is 6.00. The molecular formula is C12H18F2N2S. The fourth-order valence-electron chi connectivity index (χ4n) is 2.18. The Labute approximate surface area is 105 Å². The third-order valence-electron chi connectivity index (χ3n) is 3.17. The van der Waals surface area contributed by atoms with E-state index in [2.05, 4.69) is 22.5 Å². The van der Waals surface area contributed by atoms with Gasteiger partial charge in [-0.1, -0.05) is 6.92 Å². The van der Waals surface area contributed by atoms with Gasteiger partial charge < -0.3 is 5.32 Å². The average molecular weight is 260 g/mol. The van der Waals surface area contributed by atoms with E-state index in [-0.39, 0.29) is 6.54 Å². The lowest BCUT2D eigenvalue weighted by Crippen LogP contribution is -2.30. The number of hydrogen-bond acceptors (Lipinski definition) is 3. The van der Waals surface area contributed by atoms with Crippen molar-refractivity contribution in [3.8, 4) is 0 Å². The van der Waals surface area contributed by atoms with Crippen LogP contribution in [0.4, 0.5) is 8.78 Å². The van der Waals surface area contributed by atoms with Crippen molar-refractivity contribution in [1.29, 1.82) is 0 Å². The lowest BCUT2D eigenvalue weighted by molar-refractivity contribution is 0.145. The maximum atomic E-state index is 12.0. The lowest BCUT2D eigenvalue weighted by Gasteiger charge is -2.25. The maximum absolute atomic E-state index is 12.0. The standard InChI is InChI=1S/C12H18F2N2S/c1-2-16-4-3-10-9(5-15-6-12(13)14)8-17-11(10)7-16/h8,12,15H,2-7H2,1H3. The molecule has 0 unspecified atom stereocenters. The van der Waals surface area contributed by atoms with Crippen molar-refractivity contribution < 1.29 is 8.78 Å². The third-order valence-corrected chi connectivity index (χ3v) is 4.24. The number of nitrogens with one attached hydrogen (secondary N) is 1. The van der Waals surface area contributed by atoms with Crippen LogP contribution >= 0.6 is 11.3 Å². The Morgan fingerprint density at radius 2 is 2.35 bits per heavy atom. The van der Waals surface area contributed by atoms with Gasteiger partial charge in [0.2, 0.25) is 0 Å². The smallest absolute Gasteiger partial charge is 0.250 e. The molecule has 2 rings (SSSR count). The number of thiophene rings is 1. The van der Waals surface area contributed by atoms with E-state index in [0.29, 0.717) is 6.54 Å². The van der Waals surface area contributed by atoms with Gasteiger partial charge in [0.1, 0.15) is 0 Å². The Morgan fingerprint density at radius 1 is 1.53 bits per heavy atom. The highest BCUT2D eigenvalue weighted by Gasteiger charge is 2.19. The van der Waals surface area contributed by atoms with Crippen LogP contribution in [-0.4, -0.2) is 31.0 Å². The van der Waals surface area contributed by atoms with Crippen LogP contribution in [0.5, 0.6) is 0 Å².